The van der Waals surface area contributed by atoms with E-state index in [4.69, 9.17) is 22.9 Å². The van der Waals surface area contributed by atoms with Crippen molar-refractivity contribution in [2.45, 2.75) is 175 Å². The highest BCUT2D eigenvalue weighted by Gasteiger charge is 2.27. The number of allylic oxidation sites excluding steroid dienone is 7. The van der Waals surface area contributed by atoms with Crippen LogP contribution in [0, 0.1) is 13.8 Å². The molecule has 1 aromatic rings. The number of furan rings is 1. The Bertz CT molecular complexity index is 1460. The molecule has 2 N–H and O–H groups in total. The Kier molecular flexibility index (Phi) is 31.1. The van der Waals surface area contributed by atoms with Gasteiger partial charge in [-0.2, -0.15) is 0 Å². The van der Waals surface area contributed by atoms with E-state index in [9.17, 15) is 24.2 Å². The highest BCUT2D eigenvalue weighted by molar-refractivity contribution is 7.47. The van der Waals surface area contributed by atoms with Gasteiger partial charge in [0.05, 0.1) is 33.9 Å². The summed E-state index contributed by atoms with van der Waals surface area (Å²) < 4.78 is 40.4. The van der Waals surface area contributed by atoms with Crippen LogP contribution >= 0.6 is 7.82 Å². The molecule has 344 valence electrons. The SMILES string of the molecule is CCCC[C@@H](O)/C=C\C/C=C\C/C=C\C/C=C\CCCC(=O)O[C@H](COC(=O)CCCCCCCCCCc1oc(CCC)c(C)c1C)COP(=O)(O)OCC[N+](C)(C)C. The number of ether oxygens (including phenoxy) is 2. The number of nitrogens with zero attached hydrogens (tertiary/aromatic N) is 1. The van der Waals surface area contributed by atoms with E-state index in [-0.39, 0.29) is 32.2 Å². The normalized spacial score (nSPS) is 14.5. The van der Waals surface area contributed by atoms with E-state index in [0.29, 0.717) is 30.3 Å². The first-order valence-corrected chi connectivity index (χ1v) is 24.3. The van der Waals surface area contributed by atoms with E-state index in [2.05, 4.69) is 52.0 Å². The van der Waals surface area contributed by atoms with Gasteiger partial charge in [0.25, 0.3) is 0 Å². The molecule has 0 aromatic carbocycles. The van der Waals surface area contributed by atoms with Gasteiger partial charge in [0.1, 0.15) is 31.3 Å². The summed E-state index contributed by atoms with van der Waals surface area (Å²) in [5.74, 6) is 1.38. The summed E-state index contributed by atoms with van der Waals surface area (Å²) in [5.41, 5.74) is 2.62. The smallest absolute Gasteiger partial charge is 0.466 e. The summed E-state index contributed by atoms with van der Waals surface area (Å²) in [6, 6.07) is 0. The fourth-order valence-corrected chi connectivity index (χ4v) is 6.99. The van der Waals surface area contributed by atoms with Crippen molar-refractivity contribution in [3.8, 4) is 0 Å². The third kappa shape index (κ3) is 30.3. The minimum atomic E-state index is -4.41. The van der Waals surface area contributed by atoms with Crippen LogP contribution in [-0.4, -0.2) is 86.1 Å². The lowest BCUT2D eigenvalue weighted by molar-refractivity contribution is -0.870. The van der Waals surface area contributed by atoms with Gasteiger partial charge in [-0.1, -0.05) is 114 Å². The molecule has 60 heavy (non-hydrogen) atoms. The molecule has 1 rings (SSSR count). The first-order valence-electron chi connectivity index (χ1n) is 22.8. The van der Waals surface area contributed by atoms with Crippen LogP contribution in [0.25, 0.3) is 0 Å². The number of rotatable bonds is 37. The molecule has 0 bridgehead atoms. The number of likely N-dealkylation sites (N-methyl/N-ethyl adjacent to an activating group) is 1. The molecule has 0 spiro atoms. The maximum atomic E-state index is 12.7. The van der Waals surface area contributed by atoms with E-state index in [1.165, 1.54) is 30.4 Å². The van der Waals surface area contributed by atoms with E-state index in [0.717, 1.165) is 95.0 Å². The Hall–Kier alpha value is -2.79. The quantitative estimate of drug-likeness (QED) is 0.0218. The molecule has 0 aliphatic carbocycles. The largest absolute Gasteiger partial charge is 0.472 e. The van der Waals surface area contributed by atoms with Crippen LogP contribution in [0.15, 0.2) is 53.0 Å². The van der Waals surface area contributed by atoms with Crippen molar-refractivity contribution in [1.82, 2.24) is 0 Å². The van der Waals surface area contributed by atoms with Gasteiger partial charge < -0.3 is 28.4 Å². The molecule has 12 heteroatoms. The lowest BCUT2D eigenvalue weighted by atomic mass is 10.0. The lowest BCUT2D eigenvalue weighted by Gasteiger charge is -2.24. The van der Waals surface area contributed by atoms with Crippen LogP contribution in [0.5, 0.6) is 0 Å². The molecule has 0 saturated heterocycles. The maximum absolute atomic E-state index is 12.7. The van der Waals surface area contributed by atoms with Gasteiger partial charge in [0.15, 0.2) is 6.10 Å². The summed E-state index contributed by atoms with van der Waals surface area (Å²) in [7, 11) is 1.39. The number of carbonyl (C=O) groups is 2. The average molecular weight is 865 g/mol. The van der Waals surface area contributed by atoms with Crippen LogP contribution in [-0.2, 0) is 45.5 Å². The van der Waals surface area contributed by atoms with Crippen molar-refractivity contribution in [3.63, 3.8) is 0 Å². The molecule has 1 unspecified atom stereocenters. The lowest BCUT2D eigenvalue weighted by Crippen LogP contribution is -2.37. The fraction of sp³-hybridized carbons (Fsp3) is 0.708. The molecule has 0 saturated carbocycles. The summed E-state index contributed by atoms with van der Waals surface area (Å²) in [6.07, 6.45) is 33.5. The van der Waals surface area contributed by atoms with Crippen molar-refractivity contribution in [2.75, 3.05) is 47.5 Å². The minimum Gasteiger partial charge on any atom is -0.466 e. The molecule has 3 atom stereocenters. The Labute approximate surface area is 363 Å². The molecule has 0 aliphatic heterocycles. The Balaban J connectivity index is 2.38. The third-order valence-corrected chi connectivity index (χ3v) is 11.1. The first-order chi connectivity index (χ1) is 28.7. The van der Waals surface area contributed by atoms with Crippen LogP contribution in [0.3, 0.4) is 0 Å². The van der Waals surface area contributed by atoms with Gasteiger partial charge in [0.2, 0.25) is 0 Å². The Morgan fingerprint density at radius 1 is 0.700 bits per heavy atom. The Morgan fingerprint density at radius 3 is 1.88 bits per heavy atom. The van der Waals surface area contributed by atoms with Crippen molar-refractivity contribution in [1.29, 1.82) is 0 Å². The van der Waals surface area contributed by atoms with E-state index in [1.807, 2.05) is 45.4 Å². The second-order valence-corrected chi connectivity index (χ2v) is 18.3. The second-order valence-electron chi connectivity index (χ2n) is 16.8. The number of unbranched alkanes of at least 4 members (excludes halogenated alkanes) is 9. The zero-order chi connectivity index (χ0) is 44.5. The van der Waals surface area contributed by atoms with Crippen molar-refractivity contribution >= 4 is 19.8 Å². The zero-order valence-corrected chi connectivity index (χ0v) is 39.4. The molecule has 0 fully saturated rings. The van der Waals surface area contributed by atoms with E-state index < -0.39 is 32.5 Å². The highest BCUT2D eigenvalue weighted by Crippen LogP contribution is 2.43. The number of phosphoric ester groups is 1. The second kappa shape index (κ2) is 33.8. The number of quaternary nitrogens is 1. The van der Waals surface area contributed by atoms with Crippen LogP contribution < -0.4 is 0 Å². The van der Waals surface area contributed by atoms with Crippen molar-refractivity contribution in [3.05, 3.63) is 71.3 Å². The standard InChI is InChI=1S/C48H82NO10P/c1-8-10-32-43(50)33-27-23-19-15-13-11-12-14-16-22-26-30-36-48(52)58-44(40-57-60(53,54)56-38-37-49(5,6)7)39-55-47(51)35-29-25-21-18-17-20-24-28-34-46-42(4)41(3)45(59-46)31-9-2/h11-12,15-16,19,22,27,33,43-44,50H,8-10,13-14,17-18,20-21,23-26,28-32,34-40H2,1-7H3/p+1/b12-11-,19-15-,22-16-,33-27-/t43-,44-/m1/s1. The predicted octanol–water partition coefficient (Wildman–Crippen LogP) is 11.3. The number of aryl methyl sites for hydroxylation is 2. The third-order valence-electron chi connectivity index (χ3n) is 10.1. The topological polar surface area (TPSA) is 142 Å². The predicted molar refractivity (Wildman–Crippen MR) is 243 cm³/mol. The number of esters is 2. The molecular weight excluding hydrogens is 781 g/mol. The number of aliphatic hydroxyl groups excluding tert-OH is 1. The number of aliphatic hydroxyl groups is 1. The average Bonchev–Trinajstić information content (AvgIpc) is 3.45. The van der Waals surface area contributed by atoms with E-state index in [1.54, 1.807) is 0 Å². The van der Waals surface area contributed by atoms with Gasteiger partial charge in [-0.3, -0.25) is 18.6 Å². The fourth-order valence-electron chi connectivity index (χ4n) is 6.25. The molecule has 0 radical (unpaired) electrons. The van der Waals surface area contributed by atoms with Gasteiger partial charge >= 0.3 is 19.8 Å². The number of carbonyl (C=O) groups excluding carboxylic acids is 2. The molecular formula is C48H83NO10P+. The minimum absolute atomic E-state index is 0.00573. The summed E-state index contributed by atoms with van der Waals surface area (Å²) in [4.78, 5) is 35.5. The molecule has 11 nitrogen and oxygen atoms in total. The monoisotopic (exact) mass is 865 g/mol. The summed E-state index contributed by atoms with van der Waals surface area (Å²) >= 11 is 0. The van der Waals surface area contributed by atoms with Gasteiger partial charge in [0, 0.05) is 25.7 Å². The van der Waals surface area contributed by atoms with Gasteiger partial charge in [-0.15, -0.1) is 0 Å². The van der Waals surface area contributed by atoms with E-state index >= 15 is 0 Å². The van der Waals surface area contributed by atoms with Crippen LogP contribution in [0.1, 0.15) is 158 Å². The number of phosphoric acid groups is 1. The first kappa shape index (κ1) is 55.2. The molecule has 1 heterocycles. The Morgan fingerprint density at radius 2 is 1.27 bits per heavy atom. The summed E-state index contributed by atoms with van der Waals surface area (Å²) in [5, 5.41) is 9.83. The highest BCUT2D eigenvalue weighted by atomic mass is 31.2. The van der Waals surface area contributed by atoms with Crippen LogP contribution in [0.2, 0.25) is 0 Å². The van der Waals surface area contributed by atoms with Crippen LogP contribution in [0.4, 0.5) is 0 Å². The molecule has 0 amide bonds. The maximum Gasteiger partial charge on any atom is 0.472 e. The molecule has 1 aromatic heterocycles. The number of hydrogen-bond acceptors (Lipinski definition) is 9. The van der Waals surface area contributed by atoms with Gasteiger partial charge in [-0.25, -0.2) is 4.57 Å². The van der Waals surface area contributed by atoms with Gasteiger partial charge in [-0.05, 0) is 82.8 Å². The van der Waals surface area contributed by atoms with Crippen molar-refractivity contribution < 1.29 is 51.6 Å². The molecule has 0 aliphatic rings. The number of hydrogen-bond donors (Lipinski definition) is 2. The summed E-state index contributed by atoms with van der Waals surface area (Å²) in [6.45, 7) is 8.40. The van der Waals surface area contributed by atoms with Crippen molar-refractivity contribution in [2.24, 2.45) is 0 Å². The zero-order valence-electron chi connectivity index (χ0n) is 38.5.